The van der Waals surface area contributed by atoms with Gasteiger partial charge in [0.25, 0.3) is 0 Å². The summed E-state index contributed by atoms with van der Waals surface area (Å²) in [7, 11) is -3.24. The van der Waals surface area contributed by atoms with Crippen LogP contribution in [0.1, 0.15) is 39.5 Å². The Labute approximate surface area is 115 Å². The monoisotopic (exact) mass is 297 g/mol. The number of hydrogen-bond donors (Lipinski definition) is 1. The number of hydrogen-bond acceptors (Lipinski definition) is 3. The molecule has 1 atom stereocenters. The average molecular weight is 298 g/mol. The molecular formula is C12H24ClNO3S. The van der Waals surface area contributed by atoms with Crippen molar-refractivity contribution in [1.29, 1.82) is 0 Å². The van der Waals surface area contributed by atoms with E-state index in [9.17, 15) is 8.42 Å². The summed E-state index contributed by atoms with van der Waals surface area (Å²) in [5.41, 5.74) is 0. The lowest BCUT2D eigenvalue weighted by molar-refractivity contribution is 0.0981. The molecule has 108 valence electrons. The molecule has 0 aromatic rings. The molecule has 0 spiro atoms. The number of alkyl halides is 1. The summed E-state index contributed by atoms with van der Waals surface area (Å²) < 4.78 is 32.0. The van der Waals surface area contributed by atoms with Crippen molar-refractivity contribution in [1.82, 2.24) is 4.72 Å². The second-order valence-corrected chi connectivity index (χ2v) is 7.40. The quantitative estimate of drug-likeness (QED) is 0.733. The van der Waals surface area contributed by atoms with Crippen LogP contribution < -0.4 is 4.72 Å². The summed E-state index contributed by atoms with van der Waals surface area (Å²) in [6.45, 7) is 5.55. The predicted molar refractivity (Wildman–Crippen MR) is 74.5 cm³/mol. The molecule has 1 heterocycles. The highest BCUT2D eigenvalue weighted by atomic mass is 35.5. The van der Waals surface area contributed by atoms with Gasteiger partial charge in [-0.1, -0.05) is 26.7 Å². The Bertz CT molecular complexity index is 324. The first-order chi connectivity index (χ1) is 8.51. The van der Waals surface area contributed by atoms with Gasteiger partial charge < -0.3 is 4.74 Å². The minimum atomic E-state index is -3.24. The minimum absolute atomic E-state index is 0.130. The number of nitrogens with one attached hydrogen (secondary N) is 1. The first-order valence-corrected chi connectivity index (χ1v) is 8.69. The van der Waals surface area contributed by atoms with Crippen molar-refractivity contribution in [2.45, 2.75) is 50.2 Å². The molecule has 1 aliphatic heterocycles. The fourth-order valence-electron chi connectivity index (χ4n) is 2.27. The lowest BCUT2D eigenvalue weighted by Crippen LogP contribution is -2.41. The smallest absolute Gasteiger partial charge is 0.214 e. The molecule has 1 N–H and O–H groups in total. The van der Waals surface area contributed by atoms with E-state index in [0.29, 0.717) is 38.5 Å². The number of halogens is 1. The second kappa shape index (κ2) is 7.68. The van der Waals surface area contributed by atoms with Gasteiger partial charge in [0.1, 0.15) is 0 Å². The van der Waals surface area contributed by atoms with Crippen LogP contribution in [0.3, 0.4) is 0 Å². The van der Waals surface area contributed by atoms with Gasteiger partial charge in [-0.15, -0.1) is 11.6 Å². The molecule has 0 aromatic heterocycles. The van der Waals surface area contributed by atoms with Crippen LogP contribution in [0.4, 0.5) is 0 Å². The molecular weight excluding hydrogens is 274 g/mol. The standard InChI is InChI=1S/C12H24ClNO3S/c1-3-10(4-2)12(13)9-14-18(15,16)11-5-7-17-8-6-11/h10-12,14H,3-9H2,1-2H3. The van der Waals surface area contributed by atoms with Crippen LogP contribution in [0.15, 0.2) is 0 Å². The third-order valence-corrected chi connectivity index (χ3v) is 6.08. The van der Waals surface area contributed by atoms with Gasteiger partial charge in [0.2, 0.25) is 10.0 Å². The highest BCUT2D eigenvalue weighted by Crippen LogP contribution is 2.19. The molecule has 0 amide bonds. The van der Waals surface area contributed by atoms with Crippen molar-refractivity contribution >= 4 is 21.6 Å². The second-order valence-electron chi connectivity index (χ2n) is 4.80. The first-order valence-electron chi connectivity index (χ1n) is 6.71. The molecule has 4 nitrogen and oxygen atoms in total. The maximum absolute atomic E-state index is 12.1. The van der Waals surface area contributed by atoms with E-state index in [1.165, 1.54) is 0 Å². The Kier molecular flexibility index (Phi) is 6.92. The molecule has 0 aromatic carbocycles. The van der Waals surface area contributed by atoms with Gasteiger partial charge >= 0.3 is 0 Å². The molecule has 0 bridgehead atoms. The summed E-state index contributed by atoms with van der Waals surface area (Å²) in [4.78, 5) is 0. The lowest BCUT2D eigenvalue weighted by atomic mass is 9.99. The molecule has 0 radical (unpaired) electrons. The van der Waals surface area contributed by atoms with E-state index in [0.717, 1.165) is 12.8 Å². The lowest BCUT2D eigenvalue weighted by Gasteiger charge is -2.24. The molecule has 1 saturated heterocycles. The zero-order chi connectivity index (χ0) is 13.6. The Morgan fingerprint density at radius 2 is 1.83 bits per heavy atom. The van der Waals surface area contributed by atoms with Crippen molar-refractivity contribution in [3.05, 3.63) is 0 Å². The van der Waals surface area contributed by atoms with Gasteiger partial charge in [-0.05, 0) is 18.8 Å². The largest absolute Gasteiger partial charge is 0.381 e. The highest BCUT2D eigenvalue weighted by molar-refractivity contribution is 7.90. The van der Waals surface area contributed by atoms with E-state index in [2.05, 4.69) is 18.6 Å². The topological polar surface area (TPSA) is 55.4 Å². The fraction of sp³-hybridized carbons (Fsp3) is 1.00. The third-order valence-electron chi connectivity index (χ3n) is 3.65. The highest BCUT2D eigenvalue weighted by Gasteiger charge is 2.28. The number of rotatable bonds is 7. The Hall–Kier alpha value is 0.160. The van der Waals surface area contributed by atoms with Crippen molar-refractivity contribution in [2.24, 2.45) is 5.92 Å². The fourth-order valence-corrected chi connectivity index (χ4v) is 4.25. The summed E-state index contributed by atoms with van der Waals surface area (Å²) >= 11 is 6.24. The van der Waals surface area contributed by atoms with E-state index in [1.54, 1.807) is 0 Å². The SMILES string of the molecule is CCC(CC)C(Cl)CNS(=O)(=O)C1CCOCC1. The van der Waals surface area contributed by atoms with Gasteiger partial charge in [-0.3, -0.25) is 0 Å². The van der Waals surface area contributed by atoms with Crippen molar-refractivity contribution in [3.63, 3.8) is 0 Å². The van der Waals surface area contributed by atoms with Gasteiger partial charge in [-0.2, -0.15) is 0 Å². The van der Waals surface area contributed by atoms with Crippen LogP contribution in [-0.4, -0.2) is 38.8 Å². The molecule has 18 heavy (non-hydrogen) atoms. The first kappa shape index (κ1) is 16.2. The van der Waals surface area contributed by atoms with Crippen molar-refractivity contribution in [3.8, 4) is 0 Å². The zero-order valence-corrected chi connectivity index (χ0v) is 12.8. The van der Waals surface area contributed by atoms with Crippen LogP contribution in [0.2, 0.25) is 0 Å². The Balaban J connectivity index is 2.45. The van der Waals surface area contributed by atoms with Crippen LogP contribution >= 0.6 is 11.6 Å². The minimum Gasteiger partial charge on any atom is -0.381 e. The predicted octanol–water partition coefficient (Wildman–Crippen LogP) is 2.13. The summed E-state index contributed by atoms with van der Waals surface area (Å²) in [6, 6.07) is 0. The molecule has 1 rings (SSSR count). The van der Waals surface area contributed by atoms with Crippen LogP contribution in [-0.2, 0) is 14.8 Å². The van der Waals surface area contributed by atoms with Gasteiger partial charge in [-0.25, -0.2) is 13.1 Å². The van der Waals surface area contributed by atoms with E-state index >= 15 is 0 Å². The number of sulfonamides is 1. The van der Waals surface area contributed by atoms with E-state index < -0.39 is 10.0 Å². The molecule has 0 aliphatic carbocycles. The Morgan fingerprint density at radius 1 is 1.28 bits per heavy atom. The van der Waals surface area contributed by atoms with Gasteiger partial charge in [0.05, 0.1) is 5.25 Å². The van der Waals surface area contributed by atoms with Crippen LogP contribution in [0.25, 0.3) is 0 Å². The summed E-state index contributed by atoms with van der Waals surface area (Å²) in [5, 5.41) is -0.452. The van der Waals surface area contributed by atoms with Gasteiger partial charge in [0, 0.05) is 25.1 Å². The molecule has 1 fully saturated rings. The van der Waals surface area contributed by atoms with E-state index in [4.69, 9.17) is 16.3 Å². The normalized spacial score (nSPS) is 20.2. The molecule has 1 aliphatic rings. The summed E-state index contributed by atoms with van der Waals surface area (Å²) in [6.07, 6.45) is 3.11. The van der Waals surface area contributed by atoms with Crippen LogP contribution in [0, 0.1) is 5.92 Å². The maximum atomic E-state index is 12.1. The summed E-state index contributed by atoms with van der Waals surface area (Å²) in [5.74, 6) is 0.365. The molecule has 0 saturated carbocycles. The Morgan fingerprint density at radius 3 is 2.33 bits per heavy atom. The average Bonchev–Trinajstić information content (AvgIpc) is 2.39. The van der Waals surface area contributed by atoms with Crippen molar-refractivity contribution < 1.29 is 13.2 Å². The van der Waals surface area contributed by atoms with Crippen molar-refractivity contribution in [2.75, 3.05) is 19.8 Å². The molecule has 1 unspecified atom stereocenters. The van der Waals surface area contributed by atoms with Gasteiger partial charge in [0.15, 0.2) is 0 Å². The molecule has 6 heteroatoms. The zero-order valence-electron chi connectivity index (χ0n) is 11.2. The van der Waals surface area contributed by atoms with E-state index in [-0.39, 0.29) is 10.6 Å². The van der Waals surface area contributed by atoms with Crippen LogP contribution in [0.5, 0.6) is 0 Å². The number of ether oxygens (including phenoxy) is 1. The third kappa shape index (κ3) is 4.68. The maximum Gasteiger partial charge on any atom is 0.214 e. The van der Waals surface area contributed by atoms with E-state index in [1.807, 2.05) is 0 Å².